The summed E-state index contributed by atoms with van der Waals surface area (Å²) in [6.07, 6.45) is 0. The van der Waals surface area contributed by atoms with E-state index in [1.807, 2.05) is 60.7 Å². The van der Waals surface area contributed by atoms with Gasteiger partial charge < -0.3 is 4.42 Å². The fourth-order valence-corrected chi connectivity index (χ4v) is 8.07. The number of nitrogens with zero attached hydrogens (tertiary/aromatic N) is 3. The molecule has 0 aliphatic carbocycles. The van der Waals surface area contributed by atoms with Crippen molar-refractivity contribution in [2.24, 2.45) is 0 Å². The van der Waals surface area contributed by atoms with E-state index in [9.17, 15) is 0 Å². The van der Waals surface area contributed by atoms with Gasteiger partial charge in [-0.2, -0.15) is 0 Å². The van der Waals surface area contributed by atoms with E-state index < -0.39 is 0 Å². The van der Waals surface area contributed by atoms with E-state index in [-0.39, 0.29) is 0 Å². The minimum absolute atomic E-state index is 0.632. The first-order valence-electron chi connectivity index (χ1n) is 18.5. The van der Waals surface area contributed by atoms with Crippen LogP contribution in [0.1, 0.15) is 0 Å². The first kappa shape index (κ1) is 31.1. The molecule has 0 spiro atoms. The van der Waals surface area contributed by atoms with E-state index in [0.717, 1.165) is 55.3 Å². The number of hydrogen-bond acceptors (Lipinski definition) is 4. The molecule has 0 saturated heterocycles. The summed E-state index contributed by atoms with van der Waals surface area (Å²) >= 11 is 0. The molecular formula is C51H31N3O. The standard InChI is InChI=1S/C51H31N3O/c1-3-12-33(13-4-1)49-52-50(34-14-5-2-6-15-34)54-51(53-49)35-24-22-32(23-25-35)38-20-11-21-47-48(38)45-31-37(27-29-46(45)55-47)36-26-28-43-41-18-8-7-16-39(41)40-17-9-10-19-42(40)44(43)30-36/h1-31H. The van der Waals surface area contributed by atoms with Crippen LogP contribution in [0.2, 0.25) is 0 Å². The van der Waals surface area contributed by atoms with Gasteiger partial charge in [-0.3, -0.25) is 0 Å². The number of benzene rings is 9. The van der Waals surface area contributed by atoms with Crippen LogP contribution in [0.4, 0.5) is 0 Å². The molecule has 9 aromatic carbocycles. The lowest BCUT2D eigenvalue weighted by Crippen LogP contribution is -2.00. The zero-order valence-electron chi connectivity index (χ0n) is 29.6. The predicted molar refractivity (Wildman–Crippen MR) is 227 cm³/mol. The summed E-state index contributed by atoms with van der Waals surface area (Å²) in [7, 11) is 0. The van der Waals surface area contributed by atoms with Crippen LogP contribution in [-0.4, -0.2) is 15.0 Å². The van der Waals surface area contributed by atoms with Crippen molar-refractivity contribution in [2.75, 3.05) is 0 Å². The molecule has 0 saturated carbocycles. The highest BCUT2D eigenvalue weighted by molar-refractivity contribution is 6.26. The molecule has 0 aliphatic heterocycles. The van der Waals surface area contributed by atoms with Crippen LogP contribution >= 0.6 is 0 Å². The second kappa shape index (κ2) is 12.6. The van der Waals surface area contributed by atoms with E-state index in [1.54, 1.807) is 0 Å². The van der Waals surface area contributed by atoms with Crippen molar-refractivity contribution < 1.29 is 4.42 Å². The van der Waals surface area contributed by atoms with Crippen molar-refractivity contribution >= 4 is 54.3 Å². The molecule has 55 heavy (non-hydrogen) atoms. The van der Waals surface area contributed by atoms with Gasteiger partial charge >= 0.3 is 0 Å². The molecule has 0 atom stereocenters. The molecule has 0 aliphatic rings. The SMILES string of the molecule is c1ccc(-c2nc(-c3ccccc3)nc(-c3ccc(-c4cccc5oc6ccc(-c7ccc8c9ccccc9c9ccccc9c8c7)cc6c45)cc3)n2)cc1. The van der Waals surface area contributed by atoms with E-state index in [1.165, 1.54) is 37.9 Å². The third-order valence-electron chi connectivity index (χ3n) is 10.7. The van der Waals surface area contributed by atoms with Crippen LogP contribution in [0.3, 0.4) is 0 Å². The third kappa shape index (κ3) is 5.26. The smallest absolute Gasteiger partial charge is 0.164 e. The lowest BCUT2D eigenvalue weighted by Gasteiger charge is -2.12. The number of rotatable bonds is 5. The average molecular weight is 702 g/mol. The Bertz CT molecular complexity index is 3150. The summed E-state index contributed by atoms with van der Waals surface area (Å²) in [6, 6.07) is 65.8. The quantitative estimate of drug-likeness (QED) is 0.168. The summed E-state index contributed by atoms with van der Waals surface area (Å²) < 4.78 is 6.46. The van der Waals surface area contributed by atoms with Gasteiger partial charge in [0, 0.05) is 27.5 Å². The molecule has 0 radical (unpaired) electrons. The molecule has 4 nitrogen and oxygen atoms in total. The monoisotopic (exact) mass is 701 g/mol. The van der Waals surface area contributed by atoms with Gasteiger partial charge in [0.1, 0.15) is 11.2 Å². The number of aromatic nitrogens is 3. The molecule has 11 rings (SSSR count). The maximum atomic E-state index is 6.46. The number of fused-ring (bicyclic) bond motifs is 9. The summed E-state index contributed by atoms with van der Waals surface area (Å²) in [6.45, 7) is 0. The highest BCUT2D eigenvalue weighted by Gasteiger charge is 2.17. The summed E-state index contributed by atoms with van der Waals surface area (Å²) in [4.78, 5) is 14.7. The molecule has 0 fully saturated rings. The molecule has 2 heterocycles. The lowest BCUT2D eigenvalue weighted by molar-refractivity contribution is 0.669. The molecule has 256 valence electrons. The predicted octanol–water partition coefficient (Wildman–Crippen LogP) is 13.6. The minimum Gasteiger partial charge on any atom is -0.456 e. The van der Waals surface area contributed by atoms with Gasteiger partial charge in [-0.1, -0.05) is 164 Å². The van der Waals surface area contributed by atoms with Crippen molar-refractivity contribution in [3.05, 3.63) is 188 Å². The van der Waals surface area contributed by atoms with Gasteiger partial charge in [0.2, 0.25) is 0 Å². The minimum atomic E-state index is 0.632. The number of furan rings is 1. The summed E-state index contributed by atoms with van der Waals surface area (Å²) in [5.74, 6) is 1.92. The van der Waals surface area contributed by atoms with Crippen LogP contribution in [0.15, 0.2) is 192 Å². The summed E-state index contributed by atoms with van der Waals surface area (Å²) in [5, 5.41) is 9.82. The van der Waals surface area contributed by atoms with Crippen LogP contribution in [0, 0.1) is 0 Å². The zero-order chi connectivity index (χ0) is 36.3. The molecule has 4 heteroatoms. The largest absolute Gasteiger partial charge is 0.456 e. The Morgan fingerprint density at radius 3 is 1.29 bits per heavy atom. The molecule has 0 N–H and O–H groups in total. The van der Waals surface area contributed by atoms with Gasteiger partial charge in [-0.05, 0) is 78.8 Å². The highest BCUT2D eigenvalue weighted by atomic mass is 16.3. The Balaban J connectivity index is 1.02. The summed E-state index contributed by atoms with van der Waals surface area (Å²) in [5.41, 5.74) is 9.07. The van der Waals surface area contributed by atoms with Gasteiger partial charge in [-0.15, -0.1) is 0 Å². The topological polar surface area (TPSA) is 51.8 Å². The van der Waals surface area contributed by atoms with E-state index in [2.05, 4.69) is 127 Å². The molecule has 0 amide bonds. The normalized spacial score (nSPS) is 11.6. The first-order valence-corrected chi connectivity index (χ1v) is 18.5. The van der Waals surface area contributed by atoms with Crippen molar-refractivity contribution in [3.8, 4) is 56.4 Å². The van der Waals surface area contributed by atoms with Gasteiger partial charge in [0.15, 0.2) is 17.5 Å². The van der Waals surface area contributed by atoms with E-state index in [4.69, 9.17) is 19.4 Å². The van der Waals surface area contributed by atoms with Crippen molar-refractivity contribution in [1.82, 2.24) is 15.0 Å². The van der Waals surface area contributed by atoms with Gasteiger partial charge in [0.25, 0.3) is 0 Å². The molecule has 11 aromatic rings. The second-order valence-corrected chi connectivity index (χ2v) is 14.0. The Morgan fingerprint density at radius 1 is 0.273 bits per heavy atom. The molecule has 0 unspecified atom stereocenters. The Kier molecular flexibility index (Phi) is 7.14. The Hall–Kier alpha value is -7.43. The Morgan fingerprint density at radius 2 is 0.709 bits per heavy atom. The van der Waals surface area contributed by atoms with Gasteiger partial charge in [-0.25, -0.2) is 15.0 Å². The van der Waals surface area contributed by atoms with E-state index in [0.29, 0.717) is 17.5 Å². The second-order valence-electron chi connectivity index (χ2n) is 14.0. The molecule has 0 bridgehead atoms. The van der Waals surface area contributed by atoms with Gasteiger partial charge in [0.05, 0.1) is 0 Å². The number of hydrogen-bond donors (Lipinski definition) is 0. The van der Waals surface area contributed by atoms with Crippen molar-refractivity contribution in [2.45, 2.75) is 0 Å². The fraction of sp³-hybridized carbons (Fsp3) is 0. The van der Waals surface area contributed by atoms with Crippen molar-refractivity contribution in [3.63, 3.8) is 0 Å². The maximum Gasteiger partial charge on any atom is 0.164 e. The average Bonchev–Trinajstić information content (AvgIpc) is 3.65. The Labute approximate surface area is 317 Å². The molecule has 2 aromatic heterocycles. The highest BCUT2D eigenvalue weighted by Crippen LogP contribution is 2.41. The molecular weight excluding hydrogens is 671 g/mol. The van der Waals surface area contributed by atoms with E-state index >= 15 is 0 Å². The van der Waals surface area contributed by atoms with Crippen LogP contribution in [-0.2, 0) is 0 Å². The first-order chi connectivity index (χ1) is 27.2. The van der Waals surface area contributed by atoms with Crippen LogP contribution in [0.5, 0.6) is 0 Å². The zero-order valence-corrected chi connectivity index (χ0v) is 29.6. The lowest BCUT2D eigenvalue weighted by atomic mass is 9.91. The fourth-order valence-electron chi connectivity index (χ4n) is 8.07. The maximum absolute atomic E-state index is 6.46. The van der Waals surface area contributed by atoms with Crippen LogP contribution in [0.25, 0.3) is 111 Å². The van der Waals surface area contributed by atoms with Crippen LogP contribution < -0.4 is 0 Å². The third-order valence-corrected chi connectivity index (χ3v) is 10.7. The van der Waals surface area contributed by atoms with Crippen molar-refractivity contribution in [1.29, 1.82) is 0 Å².